The first-order valence-corrected chi connectivity index (χ1v) is 14.0. The molecule has 0 radical (unpaired) electrons. The van der Waals surface area contributed by atoms with Crippen molar-refractivity contribution in [3.63, 3.8) is 0 Å². The van der Waals surface area contributed by atoms with Crippen LogP contribution in [0.1, 0.15) is 31.3 Å². The summed E-state index contributed by atoms with van der Waals surface area (Å²) in [6.45, 7) is 2.37. The van der Waals surface area contributed by atoms with E-state index in [1.807, 2.05) is 4.90 Å². The SMILES string of the molecule is CS(=O)(=O)c1ncc(-c2ccnc3ccc(OC4CCN(C(=O)C5CCOCC5)C4)cc23)cc1C(F)F. The van der Waals surface area contributed by atoms with E-state index < -0.39 is 26.9 Å². The van der Waals surface area contributed by atoms with Crippen molar-refractivity contribution in [2.45, 2.75) is 36.8 Å². The van der Waals surface area contributed by atoms with E-state index in [1.54, 1.807) is 30.5 Å². The summed E-state index contributed by atoms with van der Waals surface area (Å²) in [5, 5.41) is 0.0250. The van der Waals surface area contributed by atoms with Crippen LogP contribution in [0.3, 0.4) is 0 Å². The Morgan fingerprint density at radius 1 is 1.14 bits per heavy atom. The van der Waals surface area contributed by atoms with Gasteiger partial charge in [-0.3, -0.25) is 9.78 Å². The molecular weight excluding hydrogens is 504 g/mol. The fourth-order valence-corrected chi connectivity index (χ4v) is 5.77. The van der Waals surface area contributed by atoms with Gasteiger partial charge in [0, 0.05) is 61.7 Å². The van der Waals surface area contributed by atoms with E-state index >= 15 is 0 Å². The number of halogens is 2. The number of hydrogen-bond donors (Lipinski definition) is 0. The van der Waals surface area contributed by atoms with Crippen LogP contribution >= 0.6 is 0 Å². The Hall–Kier alpha value is -3.18. The van der Waals surface area contributed by atoms with E-state index in [9.17, 15) is 22.0 Å². The second-order valence-electron chi connectivity index (χ2n) is 9.43. The third kappa shape index (κ3) is 5.42. The van der Waals surface area contributed by atoms with Crippen LogP contribution in [0, 0.1) is 5.92 Å². The maximum Gasteiger partial charge on any atom is 0.266 e. The lowest BCUT2D eigenvalue weighted by atomic mass is 9.99. The van der Waals surface area contributed by atoms with E-state index in [0.717, 1.165) is 25.2 Å². The molecule has 1 unspecified atom stereocenters. The monoisotopic (exact) mass is 531 g/mol. The molecule has 0 spiro atoms. The Kier molecular flexibility index (Phi) is 7.09. The molecule has 2 aliphatic heterocycles. The fraction of sp³-hybridized carbons (Fsp3) is 0.423. The zero-order valence-corrected chi connectivity index (χ0v) is 21.1. The number of amides is 1. The highest BCUT2D eigenvalue weighted by Gasteiger charge is 2.32. The summed E-state index contributed by atoms with van der Waals surface area (Å²) in [5.41, 5.74) is 0.907. The number of sulfone groups is 1. The van der Waals surface area contributed by atoms with Crippen molar-refractivity contribution in [2.75, 3.05) is 32.6 Å². The molecule has 2 aromatic heterocycles. The number of rotatable bonds is 6. The molecule has 0 aliphatic carbocycles. The van der Waals surface area contributed by atoms with Gasteiger partial charge in [0.25, 0.3) is 6.43 Å². The summed E-state index contributed by atoms with van der Waals surface area (Å²) in [4.78, 5) is 22.9. The van der Waals surface area contributed by atoms with Gasteiger partial charge in [-0.25, -0.2) is 22.2 Å². The molecule has 0 bridgehead atoms. The highest BCUT2D eigenvalue weighted by Crippen LogP contribution is 2.34. The summed E-state index contributed by atoms with van der Waals surface area (Å²) in [5.74, 6) is 0.726. The number of alkyl halides is 2. The normalized spacial score (nSPS) is 19.0. The predicted molar refractivity (Wildman–Crippen MR) is 132 cm³/mol. The summed E-state index contributed by atoms with van der Waals surface area (Å²) >= 11 is 0. The number of nitrogens with zero attached hydrogens (tertiary/aromatic N) is 3. The molecule has 2 saturated heterocycles. The Morgan fingerprint density at radius 3 is 2.65 bits per heavy atom. The van der Waals surface area contributed by atoms with Gasteiger partial charge in [-0.05, 0) is 48.7 Å². The zero-order chi connectivity index (χ0) is 26.2. The number of hydrogen-bond acceptors (Lipinski definition) is 7. The molecule has 37 heavy (non-hydrogen) atoms. The van der Waals surface area contributed by atoms with E-state index in [-0.39, 0.29) is 17.9 Å². The quantitative estimate of drug-likeness (QED) is 0.473. The van der Waals surface area contributed by atoms with Crippen molar-refractivity contribution in [3.8, 4) is 16.9 Å². The first-order valence-electron chi connectivity index (χ1n) is 12.1. The van der Waals surface area contributed by atoms with E-state index in [1.165, 1.54) is 6.20 Å². The van der Waals surface area contributed by atoms with Gasteiger partial charge in [-0.1, -0.05) is 0 Å². The van der Waals surface area contributed by atoms with Gasteiger partial charge in [0.2, 0.25) is 5.91 Å². The number of likely N-dealkylation sites (tertiary alicyclic amines) is 1. The average molecular weight is 532 g/mol. The van der Waals surface area contributed by atoms with Gasteiger partial charge in [0.15, 0.2) is 14.9 Å². The van der Waals surface area contributed by atoms with Gasteiger partial charge in [0.1, 0.15) is 11.9 Å². The molecule has 1 aromatic carbocycles. The number of pyridine rings is 2. The van der Waals surface area contributed by atoms with Crippen LogP contribution in [0.2, 0.25) is 0 Å². The minimum atomic E-state index is -3.92. The molecular formula is C26H27F2N3O5S. The summed E-state index contributed by atoms with van der Waals surface area (Å²) in [7, 11) is -3.92. The van der Waals surface area contributed by atoms with Crippen LogP contribution in [0.4, 0.5) is 8.78 Å². The van der Waals surface area contributed by atoms with Gasteiger partial charge >= 0.3 is 0 Å². The van der Waals surface area contributed by atoms with Crippen molar-refractivity contribution in [1.29, 1.82) is 0 Å². The smallest absolute Gasteiger partial charge is 0.266 e. The van der Waals surface area contributed by atoms with E-state index in [0.29, 0.717) is 60.5 Å². The molecule has 2 fully saturated rings. The second-order valence-corrected chi connectivity index (χ2v) is 11.4. The number of aromatic nitrogens is 2. The standard InChI is InChI=1S/C26H27F2N3O5S/c1-37(33,34)25-22(24(27)28)12-17(14-30-25)20-4-8-29-23-3-2-18(13-21(20)23)36-19-5-9-31(15-19)26(32)16-6-10-35-11-7-16/h2-4,8,12-14,16,19,24H,5-7,9-11,15H2,1H3. The lowest BCUT2D eigenvalue weighted by molar-refractivity contribution is -0.137. The largest absolute Gasteiger partial charge is 0.488 e. The van der Waals surface area contributed by atoms with E-state index in [2.05, 4.69) is 9.97 Å². The molecule has 0 saturated carbocycles. The molecule has 4 heterocycles. The number of fused-ring (bicyclic) bond motifs is 1. The van der Waals surface area contributed by atoms with Gasteiger partial charge in [-0.15, -0.1) is 0 Å². The van der Waals surface area contributed by atoms with Crippen LogP contribution in [0.5, 0.6) is 5.75 Å². The highest BCUT2D eigenvalue weighted by molar-refractivity contribution is 7.90. The van der Waals surface area contributed by atoms with Crippen molar-refractivity contribution in [2.24, 2.45) is 5.92 Å². The maximum absolute atomic E-state index is 13.7. The molecule has 3 aromatic rings. The molecule has 1 amide bonds. The summed E-state index contributed by atoms with van der Waals surface area (Å²) < 4.78 is 62.8. The molecule has 196 valence electrons. The van der Waals surface area contributed by atoms with E-state index in [4.69, 9.17) is 9.47 Å². The Morgan fingerprint density at radius 2 is 1.92 bits per heavy atom. The number of carbonyl (C=O) groups excluding carboxylic acids is 1. The van der Waals surface area contributed by atoms with Crippen LogP contribution in [0.15, 0.2) is 47.8 Å². The van der Waals surface area contributed by atoms with Crippen molar-refractivity contribution in [3.05, 3.63) is 48.3 Å². The van der Waals surface area contributed by atoms with Gasteiger partial charge < -0.3 is 14.4 Å². The predicted octanol–water partition coefficient (Wildman–Crippen LogP) is 4.04. The lowest BCUT2D eigenvalue weighted by Gasteiger charge is -2.26. The van der Waals surface area contributed by atoms with Crippen LogP contribution in [-0.4, -0.2) is 67.9 Å². The topological polar surface area (TPSA) is 98.7 Å². The van der Waals surface area contributed by atoms with Gasteiger partial charge in [0.05, 0.1) is 17.6 Å². The minimum Gasteiger partial charge on any atom is -0.488 e. The second kappa shape index (κ2) is 10.3. The lowest BCUT2D eigenvalue weighted by Crippen LogP contribution is -2.38. The van der Waals surface area contributed by atoms with Crippen LogP contribution in [-0.2, 0) is 19.4 Å². The van der Waals surface area contributed by atoms with Gasteiger partial charge in [-0.2, -0.15) is 0 Å². The molecule has 5 rings (SSSR count). The zero-order valence-electron chi connectivity index (χ0n) is 20.3. The number of benzene rings is 1. The third-order valence-electron chi connectivity index (χ3n) is 6.82. The third-order valence-corrected chi connectivity index (χ3v) is 7.86. The Labute approximate surface area is 213 Å². The van der Waals surface area contributed by atoms with Crippen LogP contribution in [0.25, 0.3) is 22.0 Å². The van der Waals surface area contributed by atoms with Crippen molar-refractivity contribution < 1.29 is 31.5 Å². The first-order chi connectivity index (χ1) is 17.7. The fourth-order valence-electron chi connectivity index (χ4n) is 4.95. The number of carbonyl (C=O) groups is 1. The molecule has 1 atom stereocenters. The number of ether oxygens (including phenoxy) is 2. The summed E-state index contributed by atoms with van der Waals surface area (Å²) in [6, 6.07) is 8.18. The van der Waals surface area contributed by atoms with Crippen LogP contribution < -0.4 is 4.74 Å². The summed E-state index contributed by atoms with van der Waals surface area (Å²) in [6.07, 6.45) is 2.72. The first kappa shape index (κ1) is 25.5. The molecule has 0 N–H and O–H groups in total. The molecule has 11 heteroatoms. The highest BCUT2D eigenvalue weighted by atomic mass is 32.2. The minimum absolute atomic E-state index is 0.00243. The molecule has 2 aliphatic rings. The van der Waals surface area contributed by atoms with Crippen molar-refractivity contribution in [1.82, 2.24) is 14.9 Å². The Bertz CT molecular complexity index is 1430. The Balaban J connectivity index is 1.39. The molecule has 8 nitrogen and oxygen atoms in total. The average Bonchev–Trinajstić information content (AvgIpc) is 3.36. The maximum atomic E-state index is 13.7. The van der Waals surface area contributed by atoms with Crippen molar-refractivity contribution >= 4 is 26.6 Å².